The van der Waals surface area contributed by atoms with Gasteiger partial charge in [-0.05, 0) is 60.5 Å². The van der Waals surface area contributed by atoms with E-state index in [2.05, 4.69) is 0 Å². The Morgan fingerprint density at radius 1 is 0.935 bits per heavy atom. The highest BCUT2D eigenvalue weighted by atomic mass is 32.2. The van der Waals surface area contributed by atoms with Crippen LogP contribution in [0.1, 0.15) is 22.8 Å². The monoisotopic (exact) mass is 438 g/mol. The van der Waals surface area contributed by atoms with E-state index < -0.39 is 27.7 Å². The van der Waals surface area contributed by atoms with E-state index in [1.807, 2.05) is 6.92 Å². The number of aryl methyl sites for hydroxylation is 1. The second-order valence-corrected chi connectivity index (χ2v) is 8.81. The molecule has 2 amide bonds. The van der Waals surface area contributed by atoms with Crippen LogP contribution in [-0.4, -0.2) is 26.8 Å². The zero-order chi connectivity index (χ0) is 22.2. The molecule has 31 heavy (non-hydrogen) atoms. The molecule has 1 aliphatic rings. The van der Waals surface area contributed by atoms with Gasteiger partial charge in [0.25, 0.3) is 10.0 Å². The SMILES string of the molecule is CCc1ccc(N2C(=O)N(CC(=O)c3ccc(F)cc3)c3ccccc3S2(=O)=O)cc1. The summed E-state index contributed by atoms with van der Waals surface area (Å²) < 4.78 is 40.4. The third-order valence-corrected chi connectivity index (χ3v) is 6.87. The van der Waals surface area contributed by atoms with Gasteiger partial charge < -0.3 is 0 Å². The molecule has 1 heterocycles. The van der Waals surface area contributed by atoms with Crippen molar-refractivity contribution in [2.24, 2.45) is 0 Å². The summed E-state index contributed by atoms with van der Waals surface area (Å²) in [6.07, 6.45) is 0.766. The Kier molecular flexibility index (Phi) is 5.32. The predicted molar refractivity (Wildman–Crippen MR) is 115 cm³/mol. The number of ketones is 1. The molecule has 0 unspecified atom stereocenters. The van der Waals surface area contributed by atoms with E-state index in [1.54, 1.807) is 36.4 Å². The zero-order valence-corrected chi connectivity index (χ0v) is 17.5. The first kappa shape index (κ1) is 20.7. The fraction of sp³-hybridized carbons (Fsp3) is 0.130. The Balaban J connectivity index is 1.78. The van der Waals surface area contributed by atoms with Gasteiger partial charge in [-0.15, -0.1) is 0 Å². The van der Waals surface area contributed by atoms with Gasteiger partial charge in [0.1, 0.15) is 10.7 Å². The smallest absolute Gasteiger partial charge is 0.292 e. The third kappa shape index (κ3) is 3.70. The first-order valence-electron chi connectivity index (χ1n) is 9.66. The predicted octanol–water partition coefficient (Wildman–Crippen LogP) is 4.41. The van der Waals surface area contributed by atoms with Gasteiger partial charge >= 0.3 is 6.03 Å². The lowest BCUT2D eigenvalue weighted by atomic mass is 10.1. The summed E-state index contributed by atoms with van der Waals surface area (Å²) in [6, 6.07) is 16.8. The van der Waals surface area contributed by atoms with E-state index in [-0.39, 0.29) is 28.4 Å². The molecule has 1 aliphatic heterocycles. The van der Waals surface area contributed by atoms with Crippen molar-refractivity contribution in [3.05, 3.63) is 89.7 Å². The van der Waals surface area contributed by atoms with Crippen LogP contribution < -0.4 is 9.21 Å². The van der Waals surface area contributed by atoms with E-state index >= 15 is 0 Å². The Morgan fingerprint density at radius 2 is 1.58 bits per heavy atom. The van der Waals surface area contributed by atoms with Crippen LogP contribution in [0.15, 0.2) is 77.7 Å². The number of urea groups is 1. The summed E-state index contributed by atoms with van der Waals surface area (Å²) in [6.45, 7) is 1.58. The van der Waals surface area contributed by atoms with E-state index in [0.717, 1.165) is 29.0 Å². The summed E-state index contributed by atoms with van der Waals surface area (Å²) in [5.41, 5.74) is 1.54. The zero-order valence-electron chi connectivity index (χ0n) is 16.7. The van der Waals surface area contributed by atoms with Gasteiger partial charge in [-0.25, -0.2) is 17.6 Å². The molecule has 0 saturated carbocycles. The average Bonchev–Trinajstić information content (AvgIpc) is 2.77. The first-order valence-corrected chi connectivity index (χ1v) is 11.1. The van der Waals surface area contributed by atoms with Crippen molar-refractivity contribution in [1.29, 1.82) is 0 Å². The number of para-hydroxylation sites is 1. The summed E-state index contributed by atoms with van der Waals surface area (Å²) in [4.78, 5) is 27.2. The van der Waals surface area contributed by atoms with Gasteiger partial charge in [0.05, 0.1) is 17.9 Å². The minimum Gasteiger partial charge on any atom is -0.292 e. The standard InChI is InChI=1S/C23H19FN2O4S/c1-2-16-7-13-19(14-8-16)26-23(28)25(15-21(27)17-9-11-18(24)12-10-17)20-5-3-4-6-22(20)31(26,29)30/h3-14H,2,15H2,1H3. The van der Waals surface area contributed by atoms with Crippen LogP contribution in [0, 0.1) is 5.82 Å². The van der Waals surface area contributed by atoms with Crippen LogP contribution in [0.2, 0.25) is 0 Å². The Hall–Kier alpha value is -3.52. The molecular weight excluding hydrogens is 419 g/mol. The fourth-order valence-corrected chi connectivity index (χ4v) is 5.05. The molecule has 0 spiro atoms. The van der Waals surface area contributed by atoms with Gasteiger partial charge in [0, 0.05) is 5.56 Å². The highest BCUT2D eigenvalue weighted by Gasteiger charge is 2.43. The van der Waals surface area contributed by atoms with Crippen LogP contribution in [0.25, 0.3) is 0 Å². The number of halogens is 1. The molecule has 0 radical (unpaired) electrons. The van der Waals surface area contributed by atoms with Crippen LogP contribution in [0.4, 0.5) is 20.6 Å². The number of Topliss-reactive ketones (excluding diaryl/α,β-unsaturated/α-hetero) is 1. The third-order valence-electron chi connectivity index (χ3n) is 5.13. The van der Waals surface area contributed by atoms with Crippen molar-refractivity contribution in [2.45, 2.75) is 18.2 Å². The van der Waals surface area contributed by atoms with Gasteiger partial charge in [0.15, 0.2) is 5.78 Å². The average molecular weight is 438 g/mol. The number of fused-ring (bicyclic) bond motifs is 1. The van der Waals surface area contributed by atoms with Gasteiger partial charge in [0.2, 0.25) is 0 Å². The number of nitrogens with zero attached hydrogens (tertiary/aromatic N) is 2. The Labute approximate surface area is 179 Å². The van der Waals surface area contributed by atoms with Crippen molar-refractivity contribution >= 4 is 33.2 Å². The second-order valence-electron chi connectivity index (χ2n) is 7.06. The largest absolute Gasteiger partial charge is 0.343 e. The highest BCUT2D eigenvalue weighted by Crippen LogP contribution is 2.37. The molecule has 3 aromatic rings. The molecule has 0 fully saturated rings. The highest BCUT2D eigenvalue weighted by molar-refractivity contribution is 7.94. The molecule has 4 rings (SSSR count). The number of carbonyl (C=O) groups excluding carboxylic acids is 2. The molecule has 0 atom stereocenters. The lowest BCUT2D eigenvalue weighted by Gasteiger charge is -2.35. The molecule has 6 nitrogen and oxygen atoms in total. The van der Waals surface area contributed by atoms with Crippen LogP contribution >= 0.6 is 0 Å². The van der Waals surface area contributed by atoms with E-state index in [9.17, 15) is 22.4 Å². The number of sulfonamides is 1. The molecule has 8 heteroatoms. The molecule has 3 aromatic carbocycles. The fourth-order valence-electron chi connectivity index (χ4n) is 3.45. The van der Waals surface area contributed by atoms with Gasteiger partial charge in [-0.1, -0.05) is 31.2 Å². The second kappa shape index (κ2) is 7.96. The van der Waals surface area contributed by atoms with E-state index in [0.29, 0.717) is 4.31 Å². The number of anilines is 2. The maximum atomic E-state index is 13.3. The van der Waals surface area contributed by atoms with Crippen molar-refractivity contribution in [2.75, 3.05) is 15.7 Å². The van der Waals surface area contributed by atoms with Crippen LogP contribution in [-0.2, 0) is 16.4 Å². The van der Waals surface area contributed by atoms with Crippen molar-refractivity contribution in [3.8, 4) is 0 Å². The molecular formula is C23H19FN2O4S. The summed E-state index contributed by atoms with van der Waals surface area (Å²) in [5, 5.41) is 0. The van der Waals surface area contributed by atoms with Crippen molar-refractivity contribution in [3.63, 3.8) is 0 Å². The molecule has 0 bridgehead atoms. The number of carbonyl (C=O) groups is 2. The van der Waals surface area contributed by atoms with E-state index in [4.69, 9.17) is 0 Å². The number of amides is 2. The lowest BCUT2D eigenvalue weighted by molar-refractivity contribution is 0.0999. The summed E-state index contributed by atoms with van der Waals surface area (Å²) in [7, 11) is -4.16. The Morgan fingerprint density at radius 3 is 2.23 bits per heavy atom. The van der Waals surface area contributed by atoms with Gasteiger partial charge in [-0.2, -0.15) is 4.31 Å². The summed E-state index contributed by atoms with van der Waals surface area (Å²) in [5.74, 6) is -0.924. The topological polar surface area (TPSA) is 74.8 Å². The first-order chi connectivity index (χ1) is 14.8. The normalized spacial score (nSPS) is 15.0. The quantitative estimate of drug-likeness (QED) is 0.553. The molecule has 0 aromatic heterocycles. The minimum absolute atomic E-state index is 0.0684. The summed E-state index contributed by atoms with van der Waals surface area (Å²) >= 11 is 0. The molecule has 0 aliphatic carbocycles. The molecule has 158 valence electrons. The van der Waals surface area contributed by atoms with Gasteiger partial charge in [-0.3, -0.25) is 9.69 Å². The van der Waals surface area contributed by atoms with Crippen molar-refractivity contribution < 1.29 is 22.4 Å². The number of hydrogen-bond acceptors (Lipinski definition) is 4. The molecule has 0 saturated heterocycles. The maximum absolute atomic E-state index is 13.3. The minimum atomic E-state index is -4.16. The van der Waals surface area contributed by atoms with Crippen LogP contribution in [0.3, 0.4) is 0 Å². The number of hydrogen-bond donors (Lipinski definition) is 0. The molecule has 0 N–H and O–H groups in total. The number of rotatable bonds is 5. The maximum Gasteiger partial charge on any atom is 0.343 e. The lowest BCUT2D eigenvalue weighted by Crippen LogP contribution is -2.52. The van der Waals surface area contributed by atoms with E-state index in [1.165, 1.54) is 24.3 Å². The van der Waals surface area contributed by atoms with Crippen molar-refractivity contribution in [1.82, 2.24) is 0 Å². The Bertz CT molecular complexity index is 1260. The van der Waals surface area contributed by atoms with Crippen LogP contribution in [0.5, 0.6) is 0 Å². The number of benzene rings is 3.